The summed E-state index contributed by atoms with van der Waals surface area (Å²) in [5.74, 6) is -0.245. The van der Waals surface area contributed by atoms with Crippen LogP contribution in [0.5, 0.6) is 0 Å². The van der Waals surface area contributed by atoms with Crippen molar-refractivity contribution in [1.82, 2.24) is 10.6 Å². The highest BCUT2D eigenvalue weighted by Crippen LogP contribution is 2.05. The number of hydrogen-bond acceptors (Lipinski definition) is 3. The van der Waals surface area contributed by atoms with Crippen molar-refractivity contribution in [2.75, 3.05) is 6.54 Å². The summed E-state index contributed by atoms with van der Waals surface area (Å²) < 4.78 is 0. The molecule has 0 aliphatic rings. The van der Waals surface area contributed by atoms with Gasteiger partial charge in [0.05, 0.1) is 6.04 Å². The predicted molar refractivity (Wildman–Crippen MR) is 83.8 cm³/mol. The topological polar surface area (TPSA) is 84.2 Å². The van der Waals surface area contributed by atoms with Crippen LogP contribution in [0.4, 0.5) is 0 Å². The first-order chi connectivity index (χ1) is 10.1. The summed E-state index contributed by atoms with van der Waals surface area (Å²) in [7, 11) is 0. The molecule has 1 aromatic rings. The van der Waals surface area contributed by atoms with Crippen LogP contribution in [0.15, 0.2) is 24.3 Å². The van der Waals surface area contributed by atoms with Gasteiger partial charge in [-0.3, -0.25) is 9.59 Å². The lowest BCUT2D eigenvalue weighted by atomic mass is 10.1. The lowest BCUT2D eigenvalue weighted by molar-refractivity contribution is -0.122. The van der Waals surface area contributed by atoms with Crippen LogP contribution in [0, 0.1) is 0 Å². The molecule has 0 radical (unpaired) electrons. The third-order valence-corrected chi connectivity index (χ3v) is 3.13. The van der Waals surface area contributed by atoms with E-state index in [0.29, 0.717) is 25.1 Å². The van der Waals surface area contributed by atoms with Crippen molar-refractivity contribution in [2.45, 2.75) is 45.7 Å². The minimum Gasteiger partial charge on any atom is -0.352 e. The van der Waals surface area contributed by atoms with Gasteiger partial charge in [0.1, 0.15) is 0 Å². The van der Waals surface area contributed by atoms with E-state index >= 15 is 0 Å². The summed E-state index contributed by atoms with van der Waals surface area (Å²) in [5.41, 5.74) is 7.24. The van der Waals surface area contributed by atoms with Gasteiger partial charge in [-0.2, -0.15) is 0 Å². The molecule has 0 fully saturated rings. The van der Waals surface area contributed by atoms with E-state index in [1.165, 1.54) is 0 Å². The number of benzene rings is 1. The first kappa shape index (κ1) is 17.2. The highest BCUT2D eigenvalue weighted by molar-refractivity contribution is 5.94. The van der Waals surface area contributed by atoms with Gasteiger partial charge < -0.3 is 16.4 Å². The molecule has 116 valence electrons. The SMILES string of the molecule is CCCNC(=O)c1cccc(CNC(=O)C(N)CCC)c1. The maximum Gasteiger partial charge on any atom is 0.251 e. The Hall–Kier alpha value is -1.88. The van der Waals surface area contributed by atoms with Gasteiger partial charge in [-0.05, 0) is 30.5 Å². The maximum atomic E-state index is 11.9. The Morgan fingerprint density at radius 2 is 1.95 bits per heavy atom. The van der Waals surface area contributed by atoms with E-state index in [0.717, 1.165) is 18.4 Å². The molecule has 0 aromatic heterocycles. The van der Waals surface area contributed by atoms with Crippen molar-refractivity contribution < 1.29 is 9.59 Å². The third kappa shape index (κ3) is 5.95. The Bertz CT molecular complexity index is 474. The first-order valence-electron chi connectivity index (χ1n) is 7.48. The van der Waals surface area contributed by atoms with Gasteiger partial charge in [-0.15, -0.1) is 0 Å². The molecule has 1 rings (SSSR count). The molecule has 21 heavy (non-hydrogen) atoms. The number of nitrogens with two attached hydrogens (primary N) is 1. The van der Waals surface area contributed by atoms with Gasteiger partial charge in [0.2, 0.25) is 5.91 Å². The number of amides is 2. The quantitative estimate of drug-likeness (QED) is 0.679. The zero-order valence-corrected chi connectivity index (χ0v) is 12.8. The van der Waals surface area contributed by atoms with E-state index in [1.54, 1.807) is 12.1 Å². The monoisotopic (exact) mass is 291 g/mol. The molecule has 1 unspecified atom stereocenters. The third-order valence-electron chi connectivity index (χ3n) is 3.13. The normalized spacial score (nSPS) is 11.8. The van der Waals surface area contributed by atoms with Crippen molar-refractivity contribution in [3.05, 3.63) is 35.4 Å². The Balaban J connectivity index is 2.56. The summed E-state index contributed by atoms with van der Waals surface area (Å²) in [6.45, 7) is 5.04. The van der Waals surface area contributed by atoms with Crippen LogP contribution in [0.25, 0.3) is 0 Å². The van der Waals surface area contributed by atoms with Crippen molar-refractivity contribution >= 4 is 11.8 Å². The standard InChI is InChI=1S/C16H25N3O2/c1-3-6-14(17)16(21)19-11-12-7-5-8-13(10-12)15(20)18-9-4-2/h5,7-8,10,14H,3-4,6,9,11,17H2,1-2H3,(H,18,20)(H,19,21). The van der Waals surface area contributed by atoms with Crippen molar-refractivity contribution in [3.8, 4) is 0 Å². The fourth-order valence-corrected chi connectivity index (χ4v) is 1.93. The average molecular weight is 291 g/mol. The van der Waals surface area contributed by atoms with Gasteiger partial charge in [0.15, 0.2) is 0 Å². The van der Waals surface area contributed by atoms with Crippen molar-refractivity contribution in [3.63, 3.8) is 0 Å². The molecule has 2 amide bonds. The summed E-state index contributed by atoms with van der Waals surface area (Å²) in [6.07, 6.45) is 2.45. The molecule has 0 heterocycles. The lowest BCUT2D eigenvalue weighted by Crippen LogP contribution is -2.40. The lowest BCUT2D eigenvalue weighted by Gasteiger charge is -2.11. The molecule has 0 aliphatic heterocycles. The van der Waals surface area contributed by atoms with E-state index in [4.69, 9.17) is 5.73 Å². The molecule has 1 aromatic carbocycles. The summed E-state index contributed by atoms with van der Waals surface area (Å²) >= 11 is 0. The van der Waals surface area contributed by atoms with Crippen molar-refractivity contribution in [1.29, 1.82) is 0 Å². The van der Waals surface area contributed by atoms with Crippen LogP contribution < -0.4 is 16.4 Å². The predicted octanol–water partition coefficient (Wildman–Crippen LogP) is 1.57. The summed E-state index contributed by atoms with van der Waals surface area (Å²) in [5, 5.41) is 5.63. The largest absolute Gasteiger partial charge is 0.352 e. The second-order valence-corrected chi connectivity index (χ2v) is 5.07. The Morgan fingerprint density at radius 1 is 1.19 bits per heavy atom. The smallest absolute Gasteiger partial charge is 0.251 e. The molecule has 5 heteroatoms. The fraction of sp³-hybridized carbons (Fsp3) is 0.500. The molecule has 1 atom stereocenters. The molecule has 0 aliphatic carbocycles. The number of rotatable bonds is 8. The first-order valence-corrected chi connectivity index (χ1v) is 7.48. The number of carbonyl (C=O) groups excluding carboxylic acids is 2. The second-order valence-electron chi connectivity index (χ2n) is 5.07. The van der Waals surface area contributed by atoms with Gasteiger partial charge in [-0.25, -0.2) is 0 Å². The number of nitrogens with one attached hydrogen (secondary N) is 2. The van der Waals surface area contributed by atoms with Gasteiger partial charge in [0, 0.05) is 18.7 Å². The van der Waals surface area contributed by atoms with Crippen LogP contribution in [-0.4, -0.2) is 24.4 Å². The van der Waals surface area contributed by atoms with Crippen molar-refractivity contribution in [2.24, 2.45) is 5.73 Å². The van der Waals surface area contributed by atoms with E-state index in [2.05, 4.69) is 10.6 Å². The highest BCUT2D eigenvalue weighted by Gasteiger charge is 2.12. The Morgan fingerprint density at radius 3 is 2.62 bits per heavy atom. The summed E-state index contributed by atoms with van der Waals surface area (Å²) in [6, 6.07) is 6.78. The Labute approximate surface area is 126 Å². The minimum absolute atomic E-state index is 0.0901. The maximum absolute atomic E-state index is 11.9. The molecule has 0 spiro atoms. The fourth-order valence-electron chi connectivity index (χ4n) is 1.93. The molecular weight excluding hydrogens is 266 g/mol. The zero-order chi connectivity index (χ0) is 15.7. The highest BCUT2D eigenvalue weighted by atomic mass is 16.2. The van der Waals surface area contributed by atoms with Gasteiger partial charge in [-0.1, -0.05) is 32.4 Å². The number of hydrogen-bond donors (Lipinski definition) is 3. The van der Waals surface area contributed by atoms with Crippen LogP contribution in [0.1, 0.15) is 49.0 Å². The molecule has 0 saturated carbocycles. The molecule has 0 bridgehead atoms. The molecule has 0 saturated heterocycles. The molecular formula is C16H25N3O2. The van der Waals surface area contributed by atoms with Crippen LogP contribution in [-0.2, 0) is 11.3 Å². The van der Waals surface area contributed by atoms with E-state index < -0.39 is 6.04 Å². The van der Waals surface area contributed by atoms with Gasteiger partial charge in [0.25, 0.3) is 5.91 Å². The van der Waals surface area contributed by atoms with Crippen LogP contribution >= 0.6 is 0 Å². The minimum atomic E-state index is -0.467. The van der Waals surface area contributed by atoms with E-state index in [-0.39, 0.29) is 11.8 Å². The van der Waals surface area contributed by atoms with Crippen LogP contribution in [0.2, 0.25) is 0 Å². The van der Waals surface area contributed by atoms with Crippen LogP contribution in [0.3, 0.4) is 0 Å². The Kier molecular flexibility index (Phi) is 7.46. The summed E-state index contributed by atoms with van der Waals surface area (Å²) in [4.78, 5) is 23.6. The average Bonchev–Trinajstić information content (AvgIpc) is 2.50. The van der Waals surface area contributed by atoms with E-state index in [9.17, 15) is 9.59 Å². The second kappa shape index (κ2) is 9.13. The molecule has 5 nitrogen and oxygen atoms in total. The molecule has 4 N–H and O–H groups in total. The zero-order valence-electron chi connectivity index (χ0n) is 12.8. The van der Waals surface area contributed by atoms with Gasteiger partial charge >= 0.3 is 0 Å². The van der Waals surface area contributed by atoms with E-state index in [1.807, 2.05) is 26.0 Å². The number of carbonyl (C=O) groups is 2.